The molecule has 1 aromatic heterocycles. The van der Waals surface area contributed by atoms with Crippen LogP contribution in [0.25, 0.3) is 0 Å². The Morgan fingerprint density at radius 3 is 2.66 bits per heavy atom. The summed E-state index contributed by atoms with van der Waals surface area (Å²) in [5.74, 6) is 0.951. The lowest BCUT2D eigenvalue weighted by Crippen LogP contribution is -2.49. The van der Waals surface area contributed by atoms with Crippen LogP contribution in [0.1, 0.15) is 47.0 Å². The molecule has 1 aliphatic rings. The van der Waals surface area contributed by atoms with Gasteiger partial charge >= 0.3 is 0 Å². The summed E-state index contributed by atoms with van der Waals surface area (Å²) >= 11 is 0. The second kappa shape index (κ2) is 11.7. The number of aromatic nitrogens is 2. The summed E-state index contributed by atoms with van der Waals surface area (Å²) in [5, 5.41) is 6.08. The van der Waals surface area contributed by atoms with E-state index in [-0.39, 0.29) is 16.9 Å². The Labute approximate surface area is 207 Å². The van der Waals surface area contributed by atoms with Crippen LogP contribution in [0.2, 0.25) is 0 Å². The normalized spacial score (nSPS) is 19.5. The highest BCUT2D eigenvalue weighted by Crippen LogP contribution is 2.49. The molecule has 0 bridgehead atoms. The monoisotopic (exact) mass is 487 g/mol. The van der Waals surface area contributed by atoms with Crippen LogP contribution in [0.5, 0.6) is 5.75 Å². The van der Waals surface area contributed by atoms with E-state index < -0.39 is 5.82 Å². The van der Waals surface area contributed by atoms with Gasteiger partial charge in [-0.05, 0) is 61.3 Å². The molecule has 192 valence electrons. The molecule has 1 saturated heterocycles. The maximum atomic E-state index is 14.8. The van der Waals surface area contributed by atoms with Crippen molar-refractivity contribution in [1.82, 2.24) is 15.3 Å². The highest BCUT2D eigenvalue weighted by atomic mass is 19.1. The van der Waals surface area contributed by atoms with E-state index in [4.69, 9.17) is 9.47 Å². The zero-order valence-corrected chi connectivity index (χ0v) is 21.4. The number of hydrogen-bond acceptors (Lipinski definition) is 7. The van der Waals surface area contributed by atoms with Crippen molar-refractivity contribution in [2.45, 2.75) is 53.0 Å². The number of amides is 1. The van der Waals surface area contributed by atoms with Crippen LogP contribution in [0.15, 0.2) is 30.5 Å². The molecule has 9 heteroatoms. The molecule has 8 nitrogen and oxygen atoms in total. The molecular weight excluding hydrogens is 449 g/mol. The molecule has 2 aromatic rings. The summed E-state index contributed by atoms with van der Waals surface area (Å²) in [6.07, 6.45) is 4.74. The van der Waals surface area contributed by atoms with Crippen LogP contribution in [0.4, 0.5) is 21.8 Å². The third-order valence-electron chi connectivity index (χ3n) is 7.74. The second-order valence-corrected chi connectivity index (χ2v) is 9.98. The third-order valence-corrected chi connectivity index (χ3v) is 7.74. The number of carbonyl (C=O) groups excluding carboxylic acids is 1. The zero-order chi connectivity index (χ0) is 25.5. The van der Waals surface area contributed by atoms with Gasteiger partial charge in [0.25, 0.3) is 0 Å². The summed E-state index contributed by atoms with van der Waals surface area (Å²) < 4.78 is 25.4. The molecule has 2 atom stereocenters. The van der Waals surface area contributed by atoms with Crippen molar-refractivity contribution in [3.63, 3.8) is 0 Å². The van der Waals surface area contributed by atoms with E-state index in [0.717, 1.165) is 37.1 Å². The quantitative estimate of drug-likeness (QED) is 0.355. The van der Waals surface area contributed by atoms with E-state index in [1.54, 1.807) is 7.11 Å². The van der Waals surface area contributed by atoms with E-state index >= 15 is 0 Å². The molecule has 2 heterocycles. The van der Waals surface area contributed by atoms with Crippen molar-refractivity contribution in [3.05, 3.63) is 36.3 Å². The minimum atomic E-state index is -0.434. The van der Waals surface area contributed by atoms with Crippen molar-refractivity contribution in [2.24, 2.45) is 10.8 Å². The average Bonchev–Trinajstić information content (AvgIpc) is 3.04. The SMILES string of the molecule is COCCOc1ccc(Nc2ncc(F)c(N3CCCC(C)(C(C)(C)C(C)NC=O)CC3)n2)cc1. The van der Waals surface area contributed by atoms with Crippen LogP contribution < -0.4 is 20.3 Å². The van der Waals surface area contributed by atoms with Gasteiger partial charge in [0.2, 0.25) is 12.4 Å². The molecule has 1 amide bonds. The molecule has 0 aliphatic carbocycles. The van der Waals surface area contributed by atoms with Crippen LogP contribution in [-0.2, 0) is 9.53 Å². The average molecular weight is 488 g/mol. The maximum Gasteiger partial charge on any atom is 0.229 e. The molecule has 2 N–H and O–H groups in total. The Bertz CT molecular complexity index is 972. The molecule has 2 unspecified atom stereocenters. The standard InChI is InChI=1S/C26H38FN5O3/c1-19(29-18-33)25(2,3)26(4)11-6-13-32(14-12-26)23-22(27)17-28-24(31-23)30-20-7-9-21(10-8-20)35-16-15-34-5/h7-10,17-19H,6,11-16H2,1-5H3,(H,29,33)(H,28,30,31). The molecule has 35 heavy (non-hydrogen) atoms. The van der Waals surface area contributed by atoms with Gasteiger partial charge in [0.15, 0.2) is 11.6 Å². The summed E-state index contributed by atoms with van der Waals surface area (Å²) in [5.41, 5.74) is 0.637. The van der Waals surface area contributed by atoms with Gasteiger partial charge in [0.05, 0.1) is 12.8 Å². The summed E-state index contributed by atoms with van der Waals surface area (Å²) in [4.78, 5) is 21.7. The van der Waals surface area contributed by atoms with E-state index in [9.17, 15) is 9.18 Å². The van der Waals surface area contributed by atoms with Gasteiger partial charge < -0.3 is 25.0 Å². The van der Waals surface area contributed by atoms with Crippen molar-refractivity contribution in [2.75, 3.05) is 43.6 Å². The minimum Gasteiger partial charge on any atom is -0.491 e. The first-order chi connectivity index (χ1) is 16.7. The minimum absolute atomic E-state index is 0.0190. The van der Waals surface area contributed by atoms with Crippen molar-refractivity contribution in [3.8, 4) is 5.75 Å². The lowest BCUT2D eigenvalue weighted by molar-refractivity contribution is -0.111. The second-order valence-electron chi connectivity index (χ2n) is 9.98. The number of benzene rings is 1. The predicted molar refractivity (Wildman–Crippen MR) is 136 cm³/mol. The first kappa shape index (κ1) is 26.7. The van der Waals surface area contributed by atoms with E-state index in [0.29, 0.717) is 38.1 Å². The van der Waals surface area contributed by atoms with Crippen LogP contribution in [0.3, 0.4) is 0 Å². The summed E-state index contributed by atoms with van der Waals surface area (Å²) in [6, 6.07) is 7.45. The largest absolute Gasteiger partial charge is 0.491 e. The Morgan fingerprint density at radius 1 is 1.23 bits per heavy atom. The van der Waals surface area contributed by atoms with Gasteiger partial charge in [0, 0.05) is 31.9 Å². The van der Waals surface area contributed by atoms with Gasteiger partial charge in [-0.1, -0.05) is 20.8 Å². The summed E-state index contributed by atoms with van der Waals surface area (Å²) in [6.45, 7) is 11.1. The Balaban J connectivity index is 1.70. The number of methoxy groups -OCH3 is 1. The number of rotatable bonds is 11. The van der Waals surface area contributed by atoms with Gasteiger partial charge in [-0.2, -0.15) is 4.98 Å². The molecular formula is C26H38FN5O3. The molecule has 0 spiro atoms. The highest BCUT2D eigenvalue weighted by molar-refractivity contribution is 5.56. The molecule has 3 rings (SSSR count). The van der Waals surface area contributed by atoms with Crippen molar-refractivity contribution in [1.29, 1.82) is 0 Å². The molecule has 1 aromatic carbocycles. The fourth-order valence-corrected chi connectivity index (χ4v) is 4.61. The summed E-state index contributed by atoms with van der Waals surface area (Å²) in [7, 11) is 1.63. The number of ether oxygens (including phenoxy) is 2. The fraction of sp³-hybridized carbons (Fsp3) is 0.577. The van der Waals surface area contributed by atoms with E-state index in [1.807, 2.05) is 36.1 Å². The zero-order valence-electron chi connectivity index (χ0n) is 21.4. The molecule has 1 fully saturated rings. The smallest absolute Gasteiger partial charge is 0.229 e. The van der Waals surface area contributed by atoms with E-state index in [2.05, 4.69) is 41.4 Å². The molecule has 1 aliphatic heterocycles. The number of nitrogens with one attached hydrogen (secondary N) is 2. The molecule has 0 saturated carbocycles. The fourth-order valence-electron chi connectivity index (χ4n) is 4.61. The lowest BCUT2D eigenvalue weighted by Gasteiger charge is -2.48. The van der Waals surface area contributed by atoms with Crippen molar-refractivity contribution < 1.29 is 18.7 Å². The van der Waals surface area contributed by atoms with Crippen molar-refractivity contribution >= 4 is 23.9 Å². The molecule has 0 radical (unpaired) electrons. The lowest BCUT2D eigenvalue weighted by atomic mass is 9.59. The number of hydrogen-bond donors (Lipinski definition) is 2. The number of anilines is 3. The number of carbonyl (C=O) groups is 1. The maximum absolute atomic E-state index is 14.8. The first-order valence-corrected chi connectivity index (χ1v) is 12.2. The Hall–Kier alpha value is -2.94. The Morgan fingerprint density at radius 2 is 1.97 bits per heavy atom. The van der Waals surface area contributed by atoms with Crippen LogP contribution >= 0.6 is 0 Å². The number of halogens is 1. The predicted octanol–water partition coefficient (Wildman–Crippen LogP) is 4.54. The number of nitrogens with zero attached hydrogens (tertiary/aromatic N) is 3. The highest BCUT2D eigenvalue weighted by Gasteiger charge is 2.45. The van der Waals surface area contributed by atoms with E-state index in [1.165, 1.54) is 6.20 Å². The van der Waals surface area contributed by atoms with Gasteiger partial charge in [0.1, 0.15) is 12.4 Å². The first-order valence-electron chi connectivity index (χ1n) is 12.2. The van der Waals surface area contributed by atoms with Gasteiger partial charge in [-0.3, -0.25) is 4.79 Å². The Kier molecular flexibility index (Phi) is 8.88. The third kappa shape index (κ3) is 6.39. The topological polar surface area (TPSA) is 88.6 Å². The van der Waals surface area contributed by atoms with Crippen LogP contribution in [0, 0.1) is 16.6 Å². The van der Waals surface area contributed by atoms with Gasteiger partial charge in [-0.15, -0.1) is 0 Å². The van der Waals surface area contributed by atoms with Gasteiger partial charge in [-0.25, -0.2) is 9.37 Å². The van der Waals surface area contributed by atoms with Crippen LogP contribution in [-0.4, -0.2) is 55.8 Å².